The molecule has 1 aromatic carbocycles. The summed E-state index contributed by atoms with van der Waals surface area (Å²) in [5.41, 5.74) is 7.09. The van der Waals surface area contributed by atoms with Crippen molar-refractivity contribution < 1.29 is 4.79 Å². The third kappa shape index (κ3) is 2.80. The van der Waals surface area contributed by atoms with Crippen molar-refractivity contribution in [1.82, 2.24) is 9.80 Å². The zero-order chi connectivity index (χ0) is 15.0. The number of carbonyl (C=O) groups is 1. The SMILES string of the molecule is CC1CN2CCCC2CN1C(=O)c1cccc(C(N)=S)c1. The number of hydrogen-bond donors (Lipinski definition) is 1. The molecule has 1 amide bonds. The van der Waals surface area contributed by atoms with Gasteiger partial charge < -0.3 is 10.6 Å². The summed E-state index contributed by atoms with van der Waals surface area (Å²) in [6.07, 6.45) is 2.44. The van der Waals surface area contributed by atoms with E-state index in [9.17, 15) is 4.79 Å². The van der Waals surface area contributed by atoms with Crippen LogP contribution in [-0.4, -0.2) is 52.4 Å². The Balaban J connectivity index is 1.81. The summed E-state index contributed by atoms with van der Waals surface area (Å²) < 4.78 is 0. The Morgan fingerprint density at radius 2 is 2.10 bits per heavy atom. The van der Waals surface area contributed by atoms with E-state index in [1.54, 1.807) is 6.07 Å². The Hall–Kier alpha value is -1.46. The third-order valence-electron chi connectivity index (χ3n) is 4.59. The molecule has 2 aliphatic heterocycles. The largest absolute Gasteiger partial charge is 0.389 e. The molecule has 2 atom stereocenters. The molecular formula is C16H21N3OS. The van der Waals surface area contributed by atoms with Crippen molar-refractivity contribution in [1.29, 1.82) is 0 Å². The molecule has 1 aromatic rings. The van der Waals surface area contributed by atoms with Gasteiger partial charge in [0.2, 0.25) is 0 Å². The normalized spacial score (nSPS) is 25.7. The fourth-order valence-electron chi connectivity index (χ4n) is 3.44. The van der Waals surface area contributed by atoms with E-state index in [-0.39, 0.29) is 11.9 Å². The van der Waals surface area contributed by atoms with Crippen LogP contribution in [0.25, 0.3) is 0 Å². The van der Waals surface area contributed by atoms with Gasteiger partial charge in [0.15, 0.2) is 0 Å². The predicted octanol–water partition coefficient (Wildman–Crippen LogP) is 1.63. The second-order valence-corrected chi connectivity index (χ2v) is 6.48. The van der Waals surface area contributed by atoms with E-state index < -0.39 is 0 Å². The van der Waals surface area contributed by atoms with Gasteiger partial charge in [0.1, 0.15) is 4.99 Å². The van der Waals surface area contributed by atoms with Gasteiger partial charge in [-0.3, -0.25) is 9.69 Å². The summed E-state index contributed by atoms with van der Waals surface area (Å²) in [5, 5.41) is 0. The van der Waals surface area contributed by atoms with Crippen molar-refractivity contribution in [3.05, 3.63) is 35.4 Å². The van der Waals surface area contributed by atoms with Crippen molar-refractivity contribution in [3.63, 3.8) is 0 Å². The van der Waals surface area contributed by atoms with Crippen LogP contribution in [0.5, 0.6) is 0 Å². The van der Waals surface area contributed by atoms with Gasteiger partial charge in [0, 0.05) is 36.3 Å². The molecule has 0 bridgehead atoms. The molecule has 2 saturated heterocycles. The molecule has 4 nitrogen and oxygen atoms in total. The number of fused-ring (bicyclic) bond motifs is 1. The number of piperazine rings is 1. The smallest absolute Gasteiger partial charge is 0.254 e. The van der Waals surface area contributed by atoms with Gasteiger partial charge in [-0.1, -0.05) is 24.4 Å². The maximum absolute atomic E-state index is 12.8. The zero-order valence-corrected chi connectivity index (χ0v) is 13.1. The zero-order valence-electron chi connectivity index (χ0n) is 12.3. The number of nitrogens with two attached hydrogens (primary N) is 1. The van der Waals surface area contributed by atoms with E-state index in [0.29, 0.717) is 16.6 Å². The molecule has 21 heavy (non-hydrogen) atoms. The molecule has 0 saturated carbocycles. The van der Waals surface area contributed by atoms with Crippen LogP contribution in [0.15, 0.2) is 24.3 Å². The van der Waals surface area contributed by atoms with Crippen LogP contribution in [-0.2, 0) is 0 Å². The fourth-order valence-corrected chi connectivity index (χ4v) is 3.57. The third-order valence-corrected chi connectivity index (χ3v) is 4.83. The standard InChI is InChI=1S/C16H21N3OS/c1-11-9-18-7-3-6-14(18)10-19(11)16(20)13-5-2-4-12(8-13)15(17)21/h2,4-5,8,11,14H,3,6-7,9-10H2,1H3,(H2,17,21). The molecule has 0 spiro atoms. The van der Waals surface area contributed by atoms with Crippen molar-refractivity contribution in [3.8, 4) is 0 Å². The number of benzene rings is 1. The van der Waals surface area contributed by atoms with E-state index in [1.165, 1.54) is 19.4 Å². The Morgan fingerprint density at radius 3 is 2.86 bits per heavy atom. The summed E-state index contributed by atoms with van der Waals surface area (Å²) in [6, 6.07) is 8.12. The van der Waals surface area contributed by atoms with Crippen LogP contribution >= 0.6 is 12.2 Å². The predicted molar refractivity (Wildman–Crippen MR) is 87.4 cm³/mol. The van der Waals surface area contributed by atoms with Crippen LogP contribution in [0, 0.1) is 0 Å². The first-order chi connectivity index (χ1) is 10.1. The lowest BCUT2D eigenvalue weighted by Gasteiger charge is -2.42. The number of rotatable bonds is 2. The maximum Gasteiger partial charge on any atom is 0.254 e. The Kier molecular flexibility index (Phi) is 3.95. The molecule has 2 fully saturated rings. The molecule has 2 aliphatic rings. The van der Waals surface area contributed by atoms with E-state index >= 15 is 0 Å². The first-order valence-corrected chi connectivity index (χ1v) is 7.92. The number of carbonyl (C=O) groups excluding carboxylic acids is 1. The summed E-state index contributed by atoms with van der Waals surface area (Å²) in [5.74, 6) is 0.0900. The first kappa shape index (κ1) is 14.5. The van der Waals surface area contributed by atoms with Crippen LogP contribution in [0.3, 0.4) is 0 Å². The molecule has 112 valence electrons. The lowest BCUT2D eigenvalue weighted by atomic mass is 10.0. The maximum atomic E-state index is 12.8. The van der Waals surface area contributed by atoms with Gasteiger partial charge >= 0.3 is 0 Å². The Morgan fingerprint density at radius 1 is 1.33 bits per heavy atom. The average molecular weight is 303 g/mol. The molecule has 0 aromatic heterocycles. The monoisotopic (exact) mass is 303 g/mol. The van der Waals surface area contributed by atoms with E-state index in [2.05, 4.69) is 11.8 Å². The van der Waals surface area contributed by atoms with Crippen molar-refractivity contribution in [2.75, 3.05) is 19.6 Å². The van der Waals surface area contributed by atoms with Crippen molar-refractivity contribution >= 4 is 23.1 Å². The van der Waals surface area contributed by atoms with Crippen LogP contribution in [0.1, 0.15) is 35.7 Å². The first-order valence-electron chi connectivity index (χ1n) is 7.51. The molecular weight excluding hydrogens is 282 g/mol. The topological polar surface area (TPSA) is 49.6 Å². The molecule has 2 heterocycles. The highest BCUT2D eigenvalue weighted by Gasteiger charge is 2.36. The van der Waals surface area contributed by atoms with Crippen molar-refractivity contribution in [2.45, 2.75) is 31.8 Å². The Labute approximate surface area is 130 Å². The average Bonchev–Trinajstić information content (AvgIpc) is 2.92. The summed E-state index contributed by atoms with van der Waals surface area (Å²) in [7, 11) is 0. The lowest BCUT2D eigenvalue weighted by Crippen LogP contribution is -2.56. The van der Waals surface area contributed by atoms with Crippen LogP contribution < -0.4 is 5.73 Å². The second kappa shape index (κ2) is 5.73. The number of amides is 1. The van der Waals surface area contributed by atoms with Gasteiger partial charge in [0.25, 0.3) is 5.91 Å². The van der Waals surface area contributed by atoms with Gasteiger partial charge in [-0.05, 0) is 38.4 Å². The van der Waals surface area contributed by atoms with E-state index in [0.717, 1.165) is 18.7 Å². The minimum Gasteiger partial charge on any atom is -0.389 e. The van der Waals surface area contributed by atoms with Gasteiger partial charge in [-0.25, -0.2) is 0 Å². The summed E-state index contributed by atoms with van der Waals surface area (Å²) >= 11 is 5.00. The molecule has 0 radical (unpaired) electrons. The number of nitrogens with zero attached hydrogens (tertiary/aromatic N) is 2. The number of hydrogen-bond acceptors (Lipinski definition) is 3. The minimum absolute atomic E-state index is 0.0900. The van der Waals surface area contributed by atoms with Crippen LogP contribution in [0.4, 0.5) is 0 Å². The van der Waals surface area contributed by atoms with E-state index in [4.69, 9.17) is 18.0 Å². The highest BCUT2D eigenvalue weighted by Crippen LogP contribution is 2.25. The molecule has 5 heteroatoms. The Bertz CT molecular complexity index is 574. The molecule has 2 unspecified atom stereocenters. The quantitative estimate of drug-likeness (QED) is 0.844. The van der Waals surface area contributed by atoms with Crippen molar-refractivity contribution in [2.24, 2.45) is 5.73 Å². The summed E-state index contributed by atoms with van der Waals surface area (Å²) in [4.78, 5) is 17.6. The van der Waals surface area contributed by atoms with Crippen LogP contribution in [0.2, 0.25) is 0 Å². The van der Waals surface area contributed by atoms with Gasteiger partial charge in [-0.2, -0.15) is 0 Å². The van der Waals surface area contributed by atoms with Gasteiger partial charge in [0.05, 0.1) is 0 Å². The highest BCUT2D eigenvalue weighted by molar-refractivity contribution is 7.80. The number of thiocarbonyl (C=S) groups is 1. The molecule has 3 rings (SSSR count). The fraction of sp³-hybridized carbons (Fsp3) is 0.500. The molecule has 0 aliphatic carbocycles. The lowest BCUT2D eigenvalue weighted by molar-refractivity contribution is 0.0395. The molecule has 2 N–H and O–H groups in total. The minimum atomic E-state index is 0.0900. The summed E-state index contributed by atoms with van der Waals surface area (Å²) in [6.45, 7) is 5.11. The highest BCUT2D eigenvalue weighted by atomic mass is 32.1. The van der Waals surface area contributed by atoms with E-state index in [1.807, 2.05) is 23.1 Å². The van der Waals surface area contributed by atoms with Gasteiger partial charge in [-0.15, -0.1) is 0 Å². The second-order valence-electron chi connectivity index (χ2n) is 6.04.